The largest absolute Gasteiger partial charge is 0.508 e. The lowest BCUT2D eigenvalue weighted by Gasteiger charge is -2.49. The molecule has 1 heterocycles. The molecule has 0 spiro atoms. The predicted octanol–water partition coefficient (Wildman–Crippen LogP) is 6.23. The average molecular weight is 557 g/mol. The van der Waals surface area contributed by atoms with Gasteiger partial charge < -0.3 is 20.0 Å². The van der Waals surface area contributed by atoms with Crippen LogP contribution in [0.2, 0.25) is 0 Å². The van der Waals surface area contributed by atoms with Crippen LogP contribution in [0.15, 0.2) is 103 Å². The molecule has 2 amide bonds. The highest BCUT2D eigenvalue weighted by molar-refractivity contribution is 5.77. The van der Waals surface area contributed by atoms with E-state index in [1.807, 2.05) is 54.6 Å². The van der Waals surface area contributed by atoms with Gasteiger partial charge in [0.15, 0.2) is 5.69 Å². The zero-order valence-corrected chi connectivity index (χ0v) is 23.2. The van der Waals surface area contributed by atoms with Crippen molar-refractivity contribution in [3.63, 3.8) is 0 Å². The summed E-state index contributed by atoms with van der Waals surface area (Å²) in [6.07, 6.45) is 0.754. The number of rotatable bonds is 9. The highest BCUT2D eigenvalue weighted by atomic mass is 16.3. The minimum absolute atomic E-state index is 0.151. The number of aliphatic hydroxyl groups is 1. The van der Waals surface area contributed by atoms with Gasteiger partial charge in [-0.3, -0.25) is 0 Å². The van der Waals surface area contributed by atoms with E-state index in [0.29, 0.717) is 30.5 Å². The van der Waals surface area contributed by atoms with E-state index < -0.39 is 18.2 Å². The van der Waals surface area contributed by atoms with Gasteiger partial charge in [0.2, 0.25) is 0 Å². The lowest BCUT2D eigenvalue weighted by Crippen LogP contribution is -2.66. The Kier molecular flexibility index (Phi) is 8.82. The summed E-state index contributed by atoms with van der Waals surface area (Å²) in [4.78, 5) is 21.4. The number of phenolic OH excluding ortho intramolecular Hbond substituents is 1. The molecule has 0 radical (unpaired) electrons. The van der Waals surface area contributed by atoms with Crippen LogP contribution >= 0.6 is 0 Å². The number of aliphatic hydroxyl groups excluding tert-OH is 1. The SMILES string of the molecule is [C-]#[N+]c1cccc(CN2C(=O)N(Cc3cccc(C#N)c3)[C@H](CCc3ccccc3)[C@@H](O)[C@H]2Cc2ccc(O)cc2)c1. The second kappa shape index (κ2) is 13.0. The number of nitrogens with zero attached hydrogens (tertiary/aromatic N) is 4. The van der Waals surface area contributed by atoms with Gasteiger partial charge in [0.05, 0.1) is 36.4 Å². The molecule has 7 heteroatoms. The summed E-state index contributed by atoms with van der Waals surface area (Å²) in [6.45, 7) is 7.89. The Morgan fingerprint density at radius 1 is 0.786 bits per heavy atom. The minimum Gasteiger partial charge on any atom is -0.508 e. The molecule has 7 nitrogen and oxygen atoms in total. The molecule has 1 saturated heterocycles. The van der Waals surface area contributed by atoms with Gasteiger partial charge in [-0.2, -0.15) is 5.26 Å². The first-order valence-corrected chi connectivity index (χ1v) is 14.0. The molecule has 4 aromatic carbocycles. The van der Waals surface area contributed by atoms with Crippen LogP contribution < -0.4 is 0 Å². The number of amides is 2. The van der Waals surface area contributed by atoms with E-state index in [9.17, 15) is 20.3 Å². The average Bonchev–Trinajstić information content (AvgIpc) is 3.02. The number of nitriles is 1. The topological polar surface area (TPSA) is 92.2 Å². The van der Waals surface area contributed by atoms with E-state index in [4.69, 9.17) is 6.57 Å². The van der Waals surface area contributed by atoms with Crippen LogP contribution in [0.1, 0.15) is 34.2 Å². The van der Waals surface area contributed by atoms with Crippen LogP contribution in [0, 0.1) is 17.9 Å². The van der Waals surface area contributed by atoms with Crippen molar-refractivity contribution in [2.45, 2.75) is 50.5 Å². The van der Waals surface area contributed by atoms with Crippen molar-refractivity contribution in [3.8, 4) is 11.8 Å². The third-order valence-corrected chi connectivity index (χ3v) is 7.83. The molecule has 4 aromatic rings. The first-order chi connectivity index (χ1) is 20.4. The lowest BCUT2D eigenvalue weighted by atomic mass is 9.88. The Morgan fingerprint density at radius 3 is 2.12 bits per heavy atom. The summed E-state index contributed by atoms with van der Waals surface area (Å²) < 4.78 is 0. The molecule has 2 N–H and O–H groups in total. The van der Waals surface area contributed by atoms with Crippen LogP contribution in [0.5, 0.6) is 5.75 Å². The molecule has 5 rings (SSSR count). The first kappa shape index (κ1) is 28.4. The maximum atomic E-state index is 14.4. The minimum atomic E-state index is -0.886. The second-order valence-electron chi connectivity index (χ2n) is 10.7. The van der Waals surface area contributed by atoms with Crippen LogP contribution in [-0.2, 0) is 25.9 Å². The molecule has 42 heavy (non-hydrogen) atoms. The maximum absolute atomic E-state index is 14.4. The second-order valence-corrected chi connectivity index (χ2v) is 10.7. The lowest BCUT2D eigenvalue weighted by molar-refractivity contribution is -0.0453. The van der Waals surface area contributed by atoms with Crippen molar-refractivity contribution in [1.82, 2.24) is 9.80 Å². The van der Waals surface area contributed by atoms with E-state index in [0.717, 1.165) is 22.3 Å². The molecule has 0 unspecified atom stereocenters. The molecular weight excluding hydrogens is 524 g/mol. The number of benzene rings is 4. The van der Waals surface area contributed by atoms with Gasteiger partial charge in [-0.15, -0.1) is 0 Å². The Bertz CT molecular complexity index is 1610. The number of aromatic hydroxyl groups is 1. The third-order valence-electron chi connectivity index (χ3n) is 7.83. The Morgan fingerprint density at radius 2 is 1.43 bits per heavy atom. The summed E-state index contributed by atoms with van der Waals surface area (Å²) in [5.74, 6) is 0.151. The van der Waals surface area contributed by atoms with Gasteiger partial charge in [-0.1, -0.05) is 78.9 Å². The highest BCUT2D eigenvalue weighted by Gasteiger charge is 2.45. The molecule has 1 aliphatic rings. The van der Waals surface area contributed by atoms with Gasteiger partial charge in [0.1, 0.15) is 5.75 Å². The van der Waals surface area contributed by atoms with Gasteiger partial charge in [-0.05, 0) is 65.8 Å². The van der Waals surface area contributed by atoms with Crippen molar-refractivity contribution in [1.29, 1.82) is 5.26 Å². The van der Waals surface area contributed by atoms with Crippen LogP contribution in [0.4, 0.5) is 10.5 Å². The zero-order valence-electron chi connectivity index (χ0n) is 23.2. The fraction of sp³-hybridized carbons (Fsp3) is 0.229. The predicted molar refractivity (Wildman–Crippen MR) is 160 cm³/mol. The number of hydrogen-bond acceptors (Lipinski definition) is 4. The van der Waals surface area contributed by atoms with Crippen LogP contribution in [0.25, 0.3) is 4.85 Å². The fourth-order valence-corrected chi connectivity index (χ4v) is 5.69. The quantitative estimate of drug-likeness (QED) is 0.239. The van der Waals surface area contributed by atoms with E-state index in [-0.39, 0.29) is 24.9 Å². The monoisotopic (exact) mass is 556 g/mol. The Hall–Kier alpha value is -5.11. The van der Waals surface area contributed by atoms with Gasteiger partial charge in [-0.25, -0.2) is 9.64 Å². The summed E-state index contributed by atoms with van der Waals surface area (Å²) in [6, 6.07) is 32.2. The summed E-state index contributed by atoms with van der Waals surface area (Å²) >= 11 is 0. The van der Waals surface area contributed by atoms with Crippen molar-refractivity contribution in [2.75, 3.05) is 0 Å². The Balaban J connectivity index is 1.53. The molecule has 1 fully saturated rings. The first-order valence-electron chi connectivity index (χ1n) is 14.0. The molecule has 0 aromatic heterocycles. The number of phenols is 1. The number of urea groups is 1. The van der Waals surface area contributed by atoms with E-state index in [1.165, 1.54) is 0 Å². The Labute approximate surface area is 246 Å². The third kappa shape index (κ3) is 6.61. The standard InChI is InChI=1S/C35H32N4O3/c1-37-30-12-6-11-29(20-30)24-39-33(21-26-13-16-31(40)17-14-26)34(41)32(18-15-25-7-3-2-4-8-25)38(35(39)42)23-28-10-5-9-27(19-28)22-36/h2-14,16-17,19-20,32-34,40-41H,15,18,21,23-24H2/t32-,33-,34-/m1/s1. The summed E-state index contributed by atoms with van der Waals surface area (Å²) in [7, 11) is 0. The maximum Gasteiger partial charge on any atom is 0.321 e. The smallest absolute Gasteiger partial charge is 0.321 e. The van der Waals surface area contributed by atoms with Crippen LogP contribution in [-0.4, -0.2) is 44.2 Å². The molecule has 3 atom stereocenters. The van der Waals surface area contributed by atoms with Crippen molar-refractivity contribution < 1.29 is 15.0 Å². The highest BCUT2D eigenvalue weighted by Crippen LogP contribution is 2.32. The van der Waals surface area contributed by atoms with Crippen LogP contribution in [0.3, 0.4) is 0 Å². The molecule has 0 saturated carbocycles. The molecule has 210 valence electrons. The summed E-state index contributed by atoms with van der Waals surface area (Å²) in [5, 5.41) is 31.3. The van der Waals surface area contributed by atoms with Gasteiger partial charge >= 0.3 is 6.03 Å². The van der Waals surface area contributed by atoms with Crippen molar-refractivity contribution in [2.24, 2.45) is 0 Å². The number of carbonyl (C=O) groups excluding carboxylic acids is 1. The van der Waals surface area contributed by atoms with Crippen molar-refractivity contribution in [3.05, 3.63) is 142 Å². The summed E-state index contributed by atoms with van der Waals surface area (Å²) in [5.41, 5.74) is 4.62. The zero-order chi connectivity index (χ0) is 29.5. The molecule has 0 bridgehead atoms. The van der Waals surface area contributed by atoms with Crippen molar-refractivity contribution >= 4 is 11.7 Å². The number of carbonyl (C=O) groups is 1. The fourth-order valence-electron chi connectivity index (χ4n) is 5.69. The molecule has 1 aliphatic heterocycles. The molecular formula is C35H32N4O3. The number of aryl methyl sites for hydroxylation is 1. The van der Waals surface area contributed by atoms with Gasteiger partial charge in [0.25, 0.3) is 0 Å². The van der Waals surface area contributed by atoms with E-state index >= 15 is 0 Å². The van der Waals surface area contributed by atoms with Gasteiger partial charge in [0, 0.05) is 13.1 Å². The normalized spacial score (nSPS) is 18.4. The number of hydrogen-bond donors (Lipinski definition) is 2. The molecule has 0 aliphatic carbocycles. The van der Waals surface area contributed by atoms with E-state index in [2.05, 4.69) is 10.9 Å². The van der Waals surface area contributed by atoms with E-state index in [1.54, 1.807) is 58.3 Å².